The van der Waals surface area contributed by atoms with Crippen LogP contribution in [0.4, 0.5) is 0 Å². The van der Waals surface area contributed by atoms with E-state index in [2.05, 4.69) is 72.2 Å². The van der Waals surface area contributed by atoms with Crippen LogP contribution >= 0.6 is 12.6 Å². The van der Waals surface area contributed by atoms with Gasteiger partial charge in [-0.2, -0.15) is 4.98 Å². The number of nitrogens with zero attached hydrogens (tertiary/aromatic N) is 2. The first-order valence-corrected chi connectivity index (χ1v) is 16.3. The van der Waals surface area contributed by atoms with E-state index in [4.69, 9.17) is 9.72 Å². The lowest BCUT2D eigenvalue weighted by atomic mass is 9.33. The van der Waals surface area contributed by atoms with E-state index in [-0.39, 0.29) is 44.8 Å². The quantitative estimate of drug-likeness (QED) is 0.166. The molecule has 6 heteroatoms. The fraction of sp³-hybridized carbons (Fsp3) is 0.794. The molecule has 5 aliphatic carbocycles. The van der Waals surface area contributed by atoms with Gasteiger partial charge in [0.15, 0.2) is 5.16 Å². The molecule has 5 nitrogen and oxygen atoms in total. The molecule has 3 saturated carbocycles. The van der Waals surface area contributed by atoms with Crippen molar-refractivity contribution in [3.05, 3.63) is 22.9 Å². The van der Waals surface area contributed by atoms with Gasteiger partial charge in [0.1, 0.15) is 0 Å². The standard InChI is InChI=1S/C34H50N2O3S/c1-9-39-28(38)34-15-12-19(2)20(3)25(34)22-10-11-24-31(6)18-21-26(35-29(40)36-27(21)37)30(4,5)23(31)13-14-33(24,8)32(22,7)16-17-34/h10,19-20,23-25H,9,11-18H2,1-8H3,(H2,35,36,37,40)/t19-,20+,23+,24-,25+,31+,32-,33-,34+/m1/s1. The number of carbonyl (C=O) groups excluding carboxylic acids is 1. The van der Waals surface area contributed by atoms with Crippen molar-refractivity contribution < 1.29 is 14.6 Å². The molecule has 0 amide bonds. The summed E-state index contributed by atoms with van der Waals surface area (Å²) in [7, 11) is 0. The number of carbonyl (C=O) groups is 1. The van der Waals surface area contributed by atoms with Crippen LogP contribution in [-0.2, 0) is 21.4 Å². The lowest BCUT2D eigenvalue weighted by Gasteiger charge is -2.70. The van der Waals surface area contributed by atoms with E-state index in [1.807, 2.05) is 6.92 Å². The highest BCUT2D eigenvalue weighted by atomic mass is 32.1. The first-order valence-electron chi connectivity index (χ1n) is 15.8. The van der Waals surface area contributed by atoms with E-state index in [1.54, 1.807) is 5.57 Å². The zero-order valence-electron chi connectivity index (χ0n) is 25.9. The normalized spacial score (nSPS) is 45.1. The molecule has 0 radical (unpaired) electrons. The fourth-order valence-corrected chi connectivity index (χ4v) is 11.8. The molecular weight excluding hydrogens is 516 g/mol. The molecular formula is C34H50N2O3S. The maximum Gasteiger partial charge on any atom is 0.312 e. The highest BCUT2D eigenvalue weighted by Gasteiger charge is 2.69. The Kier molecular flexibility index (Phi) is 6.40. The predicted octanol–water partition coefficient (Wildman–Crippen LogP) is 7.71. The Morgan fingerprint density at radius 1 is 1.05 bits per heavy atom. The molecule has 0 aromatic carbocycles. The molecule has 220 valence electrons. The maximum atomic E-state index is 13.7. The lowest BCUT2D eigenvalue weighted by Crippen LogP contribution is -2.65. The van der Waals surface area contributed by atoms with Gasteiger partial charge >= 0.3 is 5.97 Å². The first-order chi connectivity index (χ1) is 18.7. The second kappa shape index (κ2) is 8.97. The molecule has 5 aliphatic rings. The third-order valence-electron chi connectivity index (χ3n) is 13.9. The number of aromatic hydroxyl groups is 1. The molecule has 9 atom stereocenters. The van der Waals surface area contributed by atoms with Crippen molar-refractivity contribution in [1.29, 1.82) is 0 Å². The second-order valence-corrected chi connectivity index (χ2v) is 16.0. The predicted molar refractivity (Wildman–Crippen MR) is 160 cm³/mol. The Bertz CT molecular complexity index is 1280. The summed E-state index contributed by atoms with van der Waals surface area (Å²) in [6, 6.07) is 0. The Labute approximate surface area is 246 Å². The van der Waals surface area contributed by atoms with Crippen molar-refractivity contribution >= 4 is 18.6 Å². The molecule has 0 bridgehead atoms. The number of thiol groups is 1. The Hall–Kier alpha value is -1.56. The molecule has 0 saturated heterocycles. The molecule has 0 aliphatic heterocycles. The average molecular weight is 567 g/mol. The number of hydrogen-bond acceptors (Lipinski definition) is 6. The van der Waals surface area contributed by atoms with Crippen molar-refractivity contribution in [1.82, 2.24) is 9.97 Å². The minimum absolute atomic E-state index is 0.00858. The van der Waals surface area contributed by atoms with Crippen LogP contribution in [0.5, 0.6) is 5.88 Å². The van der Waals surface area contributed by atoms with E-state index < -0.39 is 0 Å². The number of aromatic nitrogens is 2. The number of rotatable bonds is 2. The highest BCUT2D eigenvalue weighted by Crippen LogP contribution is 2.75. The molecule has 3 fully saturated rings. The topological polar surface area (TPSA) is 72.3 Å². The van der Waals surface area contributed by atoms with Crippen LogP contribution in [0.3, 0.4) is 0 Å². The number of fused-ring (bicyclic) bond motifs is 8. The molecule has 6 rings (SSSR count). The van der Waals surface area contributed by atoms with E-state index >= 15 is 0 Å². The highest BCUT2D eigenvalue weighted by molar-refractivity contribution is 7.80. The van der Waals surface area contributed by atoms with Crippen LogP contribution in [0.15, 0.2) is 16.8 Å². The second-order valence-electron chi connectivity index (χ2n) is 15.6. The van der Waals surface area contributed by atoms with Gasteiger partial charge in [-0.25, -0.2) is 4.98 Å². The summed E-state index contributed by atoms with van der Waals surface area (Å²) in [6.07, 6.45) is 10.8. The van der Waals surface area contributed by atoms with Crippen LogP contribution in [0, 0.1) is 51.2 Å². The molecule has 1 aromatic rings. The summed E-state index contributed by atoms with van der Waals surface area (Å²) in [5, 5.41) is 11.4. The average Bonchev–Trinajstić information content (AvgIpc) is 2.87. The largest absolute Gasteiger partial charge is 0.493 e. The van der Waals surface area contributed by atoms with Crippen LogP contribution in [0.1, 0.15) is 112 Å². The number of ether oxygens (including phenoxy) is 1. The monoisotopic (exact) mass is 566 g/mol. The molecule has 1 aromatic heterocycles. The minimum Gasteiger partial charge on any atom is -0.493 e. The van der Waals surface area contributed by atoms with E-state index in [0.29, 0.717) is 35.4 Å². The Balaban J connectivity index is 1.47. The third-order valence-corrected chi connectivity index (χ3v) is 14.1. The summed E-state index contributed by atoms with van der Waals surface area (Å²) >= 11 is 4.42. The summed E-state index contributed by atoms with van der Waals surface area (Å²) in [5.74, 6) is 2.41. The lowest BCUT2D eigenvalue weighted by molar-refractivity contribution is -0.183. The molecule has 0 unspecified atom stereocenters. The molecule has 1 heterocycles. The van der Waals surface area contributed by atoms with Gasteiger partial charge in [-0.3, -0.25) is 4.79 Å². The van der Waals surface area contributed by atoms with Crippen LogP contribution in [-0.4, -0.2) is 27.7 Å². The van der Waals surface area contributed by atoms with Crippen LogP contribution < -0.4 is 0 Å². The zero-order chi connectivity index (χ0) is 29.0. The maximum absolute atomic E-state index is 13.7. The van der Waals surface area contributed by atoms with Crippen LogP contribution in [0.25, 0.3) is 0 Å². The summed E-state index contributed by atoms with van der Waals surface area (Å²) < 4.78 is 5.82. The van der Waals surface area contributed by atoms with Gasteiger partial charge in [0.25, 0.3) is 0 Å². The Morgan fingerprint density at radius 2 is 1.77 bits per heavy atom. The third kappa shape index (κ3) is 3.43. The zero-order valence-corrected chi connectivity index (χ0v) is 26.8. The van der Waals surface area contributed by atoms with Crippen LogP contribution in [0.2, 0.25) is 0 Å². The number of allylic oxidation sites excluding steroid dienone is 2. The van der Waals surface area contributed by atoms with Gasteiger partial charge in [0, 0.05) is 11.0 Å². The summed E-state index contributed by atoms with van der Waals surface area (Å²) in [6.45, 7) is 19.5. The van der Waals surface area contributed by atoms with Crippen molar-refractivity contribution in [3.8, 4) is 5.88 Å². The first kappa shape index (κ1) is 28.6. The van der Waals surface area contributed by atoms with Crippen molar-refractivity contribution in [2.75, 3.05) is 6.61 Å². The van der Waals surface area contributed by atoms with E-state index in [1.165, 1.54) is 6.42 Å². The fourth-order valence-electron chi connectivity index (χ4n) is 11.6. The SMILES string of the molecule is CCOC(=O)[C@]12CC[C@@H](C)[C@H](C)[C@H]1C1=CC[C@@H]3[C@@]4(C)Cc5c(O)nc(S)nc5C(C)(C)[C@@H]4CC[C@@]3(C)[C@]1(C)CC2. The van der Waals surface area contributed by atoms with Gasteiger partial charge in [0.2, 0.25) is 5.88 Å². The molecule has 40 heavy (non-hydrogen) atoms. The summed E-state index contributed by atoms with van der Waals surface area (Å²) in [4.78, 5) is 22.8. The minimum atomic E-state index is -0.378. The van der Waals surface area contributed by atoms with E-state index in [0.717, 1.165) is 56.2 Å². The van der Waals surface area contributed by atoms with Crippen molar-refractivity contribution in [2.45, 2.75) is 117 Å². The van der Waals surface area contributed by atoms with Crippen molar-refractivity contribution in [2.24, 2.45) is 51.2 Å². The summed E-state index contributed by atoms with van der Waals surface area (Å²) in [5.41, 5.74) is 3.07. The number of esters is 1. The van der Waals surface area contributed by atoms with Gasteiger partial charge in [-0.05, 0) is 104 Å². The Morgan fingerprint density at radius 3 is 2.48 bits per heavy atom. The van der Waals surface area contributed by atoms with Gasteiger partial charge < -0.3 is 9.84 Å². The smallest absolute Gasteiger partial charge is 0.312 e. The van der Waals surface area contributed by atoms with E-state index in [9.17, 15) is 9.90 Å². The molecule has 0 spiro atoms. The van der Waals surface area contributed by atoms with Gasteiger partial charge in [-0.15, -0.1) is 12.6 Å². The number of hydrogen-bond donors (Lipinski definition) is 2. The molecule has 1 N–H and O–H groups in total. The van der Waals surface area contributed by atoms with Gasteiger partial charge in [0.05, 0.1) is 17.7 Å². The van der Waals surface area contributed by atoms with Crippen molar-refractivity contribution in [3.63, 3.8) is 0 Å². The van der Waals surface area contributed by atoms with Gasteiger partial charge in [-0.1, -0.05) is 60.1 Å².